The summed E-state index contributed by atoms with van der Waals surface area (Å²) in [6.07, 6.45) is 2.03. The number of thioether (sulfide) groups is 1. The third-order valence-corrected chi connectivity index (χ3v) is 6.02. The molecule has 6 heteroatoms. The van der Waals surface area contributed by atoms with Crippen LogP contribution < -0.4 is 11.2 Å². The van der Waals surface area contributed by atoms with Crippen molar-refractivity contribution in [3.05, 3.63) is 50.3 Å². The van der Waals surface area contributed by atoms with Crippen molar-refractivity contribution in [2.45, 2.75) is 44.7 Å². The molecule has 1 aromatic heterocycles. The Morgan fingerprint density at radius 2 is 1.76 bits per heavy atom. The summed E-state index contributed by atoms with van der Waals surface area (Å²) in [5.74, 6) is 0.359. The number of rotatable bonds is 5. The molecule has 0 spiro atoms. The van der Waals surface area contributed by atoms with Crippen LogP contribution in [-0.4, -0.2) is 20.6 Å². The quantitative estimate of drug-likeness (QED) is 0.762. The number of benzene rings is 1. The molecule has 0 saturated heterocycles. The monoisotopic (exact) mass is 364 g/mol. The SMILES string of the molecule is CCC(C)(F)CSc1cc(-c2cn(C)c(=O)n(C)c2=O)c(C)cc1C. The van der Waals surface area contributed by atoms with Crippen LogP contribution in [0.4, 0.5) is 4.39 Å². The predicted molar refractivity (Wildman–Crippen MR) is 102 cm³/mol. The maximum Gasteiger partial charge on any atom is 0.330 e. The highest BCUT2D eigenvalue weighted by atomic mass is 32.2. The van der Waals surface area contributed by atoms with Gasteiger partial charge >= 0.3 is 5.69 Å². The molecular formula is C19H25FN2O2S. The molecule has 2 rings (SSSR count). The maximum atomic E-state index is 14.2. The first-order valence-electron chi connectivity index (χ1n) is 8.27. The summed E-state index contributed by atoms with van der Waals surface area (Å²) in [5.41, 5.74) is 1.36. The Labute approximate surface area is 151 Å². The van der Waals surface area contributed by atoms with E-state index in [1.54, 1.807) is 20.2 Å². The molecule has 0 amide bonds. The van der Waals surface area contributed by atoms with Crippen LogP contribution in [0, 0.1) is 13.8 Å². The van der Waals surface area contributed by atoms with Crippen molar-refractivity contribution in [2.24, 2.45) is 14.1 Å². The molecule has 0 radical (unpaired) electrons. The van der Waals surface area contributed by atoms with Crippen molar-refractivity contribution in [2.75, 3.05) is 5.75 Å². The van der Waals surface area contributed by atoms with Crippen molar-refractivity contribution >= 4 is 11.8 Å². The van der Waals surface area contributed by atoms with Crippen LogP contribution in [0.15, 0.2) is 32.8 Å². The zero-order chi connectivity index (χ0) is 18.9. The molecule has 0 saturated carbocycles. The number of hydrogen-bond donors (Lipinski definition) is 0. The lowest BCUT2D eigenvalue weighted by Gasteiger charge is -2.19. The molecule has 1 heterocycles. The topological polar surface area (TPSA) is 44.0 Å². The van der Waals surface area contributed by atoms with Gasteiger partial charge in [-0.3, -0.25) is 9.36 Å². The Hall–Kier alpha value is -1.82. The first-order valence-corrected chi connectivity index (χ1v) is 9.26. The van der Waals surface area contributed by atoms with Crippen molar-refractivity contribution in [3.8, 4) is 11.1 Å². The smallest absolute Gasteiger partial charge is 0.303 e. The molecule has 0 aliphatic rings. The van der Waals surface area contributed by atoms with Gasteiger partial charge in [-0.15, -0.1) is 11.8 Å². The van der Waals surface area contributed by atoms with Gasteiger partial charge in [0.15, 0.2) is 0 Å². The molecule has 1 unspecified atom stereocenters. The van der Waals surface area contributed by atoms with E-state index in [9.17, 15) is 14.0 Å². The van der Waals surface area contributed by atoms with E-state index in [1.165, 1.54) is 23.4 Å². The molecule has 136 valence electrons. The Morgan fingerprint density at radius 1 is 1.12 bits per heavy atom. The molecule has 2 aromatic rings. The molecule has 0 aliphatic carbocycles. The summed E-state index contributed by atoms with van der Waals surface area (Å²) in [6.45, 7) is 7.36. The van der Waals surface area contributed by atoms with Crippen molar-refractivity contribution in [3.63, 3.8) is 0 Å². The normalized spacial score (nSPS) is 13.7. The first-order chi connectivity index (χ1) is 11.6. The predicted octanol–water partition coefficient (Wildman–Crippen LogP) is 3.60. The minimum atomic E-state index is -1.23. The number of aryl methyl sites for hydroxylation is 3. The van der Waals surface area contributed by atoms with Gasteiger partial charge in [0.2, 0.25) is 0 Å². The van der Waals surface area contributed by atoms with Gasteiger partial charge in [0.1, 0.15) is 5.67 Å². The fraction of sp³-hybridized carbons (Fsp3) is 0.474. The first kappa shape index (κ1) is 19.5. The van der Waals surface area contributed by atoms with E-state index in [0.717, 1.165) is 26.2 Å². The molecule has 0 N–H and O–H groups in total. The second kappa shape index (κ2) is 7.20. The van der Waals surface area contributed by atoms with Gasteiger partial charge in [0, 0.05) is 30.9 Å². The Kier molecular flexibility index (Phi) is 5.62. The largest absolute Gasteiger partial charge is 0.330 e. The number of hydrogen-bond acceptors (Lipinski definition) is 3. The zero-order valence-corrected chi connectivity index (χ0v) is 16.5. The summed E-state index contributed by atoms with van der Waals surface area (Å²) >= 11 is 1.46. The minimum absolute atomic E-state index is 0.324. The van der Waals surface area contributed by atoms with Gasteiger partial charge in [-0.2, -0.15) is 0 Å². The van der Waals surface area contributed by atoms with Crippen molar-refractivity contribution < 1.29 is 4.39 Å². The van der Waals surface area contributed by atoms with Gasteiger partial charge in [0.05, 0.1) is 5.56 Å². The second-order valence-electron chi connectivity index (χ2n) is 6.79. The molecular weight excluding hydrogens is 339 g/mol. The summed E-state index contributed by atoms with van der Waals surface area (Å²) in [7, 11) is 3.10. The van der Waals surface area contributed by atoms with Gasteiger partial charge in [-0.05, 0) is 49.9 Å². The van der Waals surface area contributed by atoms with Crippen LogP contribution >= 0.6 is 11.8 Å². The summed E-state index contributed by atoms with van der Waals surface area (Å²) < 4.78 is 16.8. The van der Waals surface area contributed by atoms with E-state index in [4.69, 9.17) is 0 Å². The average Bonchev–Trinajstić information content (AvgIpc) is 2.56. The highest BCUT2D eigenvalue weighted by Gasteiger charge is 2.21. The van der Waals surface area contributed by atoms with Crippen LogP contribution in [-0.2, 0) is 14.1 Å². The lowest BCUT2D eigenvalue weighted by Crippen LogP contribution is -2.37. The Bertz CT molecular complexity index is 913. The van der Waals surface area contributed by atoms with E-state index >= 15 is 0 Å². The molecule has 0 aliphatic heterocycles. The highest BCUT2D eigenvalue weighted by Crippen LogP contribution is 2.33. The standard InChI is InChI=1S/C19H25FN2O2S/c1-7-19(4,20)11-25-16-9-14(12(2)8-13(16)3)15-10-21(5)18(24)22(6)17(15)23/h8-10H,7,11H2,1-6H3. The van der Waals surface area contributed by atoms with Gasteiger partial charge < -0.3 is 4.57 Å². The van der Waals surface area contributed by atoms with E-state index in [0.29, 0.717) is 17.7 Å². The Morgan fingerprint density at radius 3 is 2.36 bits per heavy atom. The van der Waals surface area contributed by atoms with Crippen LogP contribution in [0.25, 0.3) is 11.1 Å². The molecule has 25 heavy (non-hydrogen) atoms. The number of aromatic nitrogens is 2. The lowest BCUT2D eigenvalue weighted by atomic mass is 10.0. The number of nitrogens with zero attached hydrogens (tertiary/aromatic N) is 2. The zero-order valence-electron chi connectivity index (χ0n) is 15.6. The molecule has 4 nitrogen and oxygen atoms in total. The van der Waals surface area contributed by atoms with E-state index < -0.39 is 5.67 Å². The van der Waals surface area contributed by atoms with Crippen molar-refractivity contribution in [1.82, 2.24) is 9.13 Å². The third kappa shape index (κ3) is 4.06. The van der Waals surface area contributed by atoms with Crippen molar-refractivity contribution in [1.29, 1.82) is 0 Å². The molecule has 1 aromatic carbocycles. The van der Waals surface area contributed by atoms with Gasteiger partial charge in [-0.1, -0.05) is 13.0 Å². The van der Waals surface area contributed by atoms with Gasteiger partial charge in [-0.25, -0.2) is 9.18 Å². The second-order valence-corrected chi connectivity index (χ2v) is 7.81. The number of halogens is 1. The van der Waals surface area contributed by atoms with E-state index in [-0.39, 0.29) is 11.2 Å². The summed E-state index contributed by atoms with van der Waals surface area (Å²) in [4.78, 5) is 25.4. The van der Waals surface area contributed by atoms with E-state index in [1.807, 2.05) is 32.9 Å². The molecule has 0 bridgehead atoms. The minimum Gasteiger partial charge on any atom is -0.303 e. The van der Waals surface area contributed by atoms with Crippen LogP contribution in [0.1, 0.15) is 31.4 Å². The summed E-state index contributed by atoms with van der Waals surface area (Å²) in [6, 6.07) is 3.94. The third-order valence-electron chi connectivity index (χ3n) is 4.52. The van der Waals surface area contributed by atoms with Crippen LogP contribution in [0.3, 0.4) is 0 Å². The number of alkyl halides is 1. The van der Waals surface area contributed by atoms with Crippen LogP contribution in [0.2, 0.25) is 0 Å². The fourth-order valence-corrected chi connectivity index (χ4v) is 3.75. The Balaban J connectivity index is 2.55. The highest BCUT2D eigenvalue weighted by molar-refractivity contribution is 7.99. The van der Waals surface area contributed by atoms with Crippen LogP contribution in [0.5, 0.6) is 0 Å². The maximum absolute atomic E-state index is 14.2. The fourth-order valence-electron chi connectivity index (χ4n) is 2.60. The summed E-state index contributed by atoms with van der Waals surface area (Å²) in [5, 5.41) is 0. The van der Waals surface area contributed by atoms with E-state index in [2.05, 4.69) is 0 Å². The average molecular weight is 364 g/mol. The van der Waals surface area contributed by atoms with Gasteiger partial charge in [0.25, 0.3) is 5.56 Å². The molecule has 0 fully saturated rings. The lowest BCUT2D eigenvalue weighted by molar-refractivity contribution is 0.217. The molecule has 1 atom stereocenters.